The predicted octanol–water partition coefficient (Wildman–Crippen LogP) is 4.86. The van der Waals surface area contributed by atoms with Gasteiger partial charge in [-0.3, -0.25) is 4.79 Å². The number of halogens is 1. The Morgan fingerprint density at radius 2 is 1.94 bits per heavy atom. The Hall–Kier alpha value is -2.88. The molecule has 1 aromatic heterocycles. The average molecular weight is 485 g/mol. The molecule has 4 rings (SSSR count). The summed E-state index contributed by atoms with van der Waals surface area (Å²) in [6.07, 6.45) is 1.85. The van der Waals surface area contributed by atoms with Crippen LogP contribution in [0.2, 0.25) is 0 Å². The molecule has 0 atom stereocenters. The van der Waals surface area contributed by atoms with Crippen molar-refractivity contribution < 1.29 is 13.9 Å². The summed E-state index contributed by atoms with van der Waals surface area (Å²) in [5.41, 5.74) is 2.72. The molecule has 1 fully saturated rings. The summed E-state index contributed by atoms with van der Waals surface area (Å²) in [5.74, 6) is -0.242. The molecule has 1 aliphatic rings. The summed E-state index contributed by atoms with van der Waals surface area (Å²) in [4.78, 5) is 19.7. The number of nitrogens with one attached hydrogen (secondary N) is 2. The molecule has 2 N–H and O–H groups in total. The van der Waals surface area contributed by atoms with Gasteiger partial charge in [0.25, 0.3) is 5.91 Å². The van der Waals surface area contributed by atoms with Crippen LogP contribution >= 0.6 is 23.6 Å². The van der Waals surface area contributed by atoms with E-state index in [0.717, 1.165) is 42.1 Å². The standard InChI is InChI=1S/C24H25FN4O2S2/c1-31-15-26-24(32)29-12-10-17(11-13-29)23-28-21(14-33-23)22(30)27-20-5-3-2-4-19(20)16-6-8-18(25)9-7-16/h2-9,14,17H,10-13,15H2,1H3,(H,26,32)(H,27,30). The minimum atomic E-state index is -0.297. The number of rotatable bonds is 6. The molecule has 1 amide bonds. The molecule has 6 nitrogen and oxygen atoms in total. The van der Waals surface area contributed by atoms with Crippen molar-refractivity contribution in [2.45, 2.75) is 18.8 Å². The molecule has 172 valence electrons. The van der Waals surface area contributed by atoms with Crippen LogP contribution in [0, 0.1) is 5.82 Å². The smallest absolute Gasteiger partial charge is 0.275 e. The Bertz CT molecular complexity index is 1110. The van der Waals surface area contributed by atoms with Crippen molar-refractivity contribution in [1.29, 1.82) is 0 Å². The first-order valence-corrected chi connectivity index (χ1v) is 12.0. The van der Waals surface area contributed by atoms with Crippen LogP contribution in [0.25, 0.3) is 11.1 Å². The van der Waals surface area contributed by atoms with E-state index >= 15 is 0 Å². The molecule has 2 aromatic carbocycles. The van der Waals surface area contributed by atoms with Gasteiger partial charge < -0.3 is 20.3 Å². The highest BCUT2D eigenvalue weighted by Gasteiger charge is 2.25. The molecule has 33 heavy (non-hydrogen) atoms. The number of anilines is 1. The zero-order valence-corrected chi connectivity index (χ0v) is 19.8. The van der Waals surface area contributed by atoms with Gasteiger partial charge in [-0.05, 0) is 48.8 Å². The molecule has 0 bridgehead atoms. The van der Waals surface area contributed by atoms with E-state index in [1.54, 1.807) is 19.2 Å². The van der Waals surface area contributed by atoms with Crippen molar-refractivity contribution in [3.8, 4) is 11.1 Å². The number of thiazole rings is 1. The van der Waals surface area contributed by atoms with E-state index in [1.807, 2.05) is 29.6 Å². The lowest BCUT2D eigenvalue weighted by molar-refractivity contribution is 0.102. The van der Waals surface area contributed by atoms with Gasteiger partial charge in [-0.1, -0.05) is 30.3 Å². The third-order valence-electron chi connectivity index (χ3n) is 5.58. The van der Waals surface area contributed by atoms with E-state index in [9.17, 15) is 9.18 Å². The van der Waals surface area contributed by atoms with Crippen molar-refractivity contribution in [1.82, 2.24) is 15.2 Å². The summed E-state index contributed by atoms with van der Waals surface area (Å²) in [6.45, 7) is 2.08. The molecule has 0 aliphatic carbocycles. The molecule has 1 aliphatic heterocycles. The van der Waals surface area contributed by atoms with E-state index in [1.165, 1.54) is 23.5 Å². The first-order chi connectivity index (χ1) is 16.0. The van der Waals surface area contributed by atoms with E-state index in [-0.39, 0.29) is 11.7 Å². The molecule has 3 aromatic rings. The van der Waals surface area contributed by atoms with Crippen molar-refractivity contribution in [2.75, 3.05) is 32.2 Å². The number of carbonyl (C=O) groups excluding carboxylic acids is 1. The van der Waals surface area contributed by atoms with E-state index in [2.05, 4.69) is 20.5 Å². The lowest BCUT2D eigenvalue weighted by atomic mass is 9.98. The number of amides is 1. The van der Waals surface area contributed by atoms with Gasteiger partial charge in [0.1, 0.15) is 18.2 Å². The van der Waals surface area contributed by atoms with Gasteiger partial charge >= 0.3 is 0 Å². The lowest BCUT2D eigenvalue weighted by Gasteiger charge is -2.33. The highest BCUT2D eigenvalue weighted by Crippen LogP contribution is 2.31. The molecular weight excluding hydrogens is 459 g/mol. The summed E-state index contributed by atoms with van der Waals surface area (Å²) in [7, 11) is 1.62. The fourth-order valence-electron chi connectivity index (χ4n) is 3.81. The molecule has 0 saturated carbocycles. The number of para-hydroxylation sites is 1. The molecule has 0 spiro atoms. The van der Waals surface area contributed by atoms with Crippen molar-refractivity contribution >= 4 is 40.3 Å². The number of nitrogens with zero attached hydrogens (tertiary/aromatic N) is 2. The molecule has 0 unspecified atom stereocenters. The number of hydrogen-bond acceptors (Lipinski definition) is 5. The molecule has 2 heterocycles. The van der Waals surface area contributed by atoms with Crippen LogP contribution in [-0.2, 0) is 4.74 Å². The van der Waals surface area contributed by atoms with Crippen molar-refractivity contribution in [3.05, 3.63) is 70.4 Å². The number of carbonyl (C=O) groups is 1. The van der Waals surface area contributed by atoms with Crippen molar-refractivity contribution in [2.24, 2.45) is 0 Å². The van der Waals surface area contributed by atoms with Crippen LogP contribution in [0.3, 0.4) is 0 Å². The van der Waals surface area contributed by atoms with Gasteiger partial charge in [-0.2, -0.15) is 0 Å². The normalized spacial score (nSPS) is 14.2. The first kappa shape index (κ1) is 23.3. The SMILES string of the molecule is COCNC(=S)N1CCC(c2nc(C(=O)Nc3ccccc3-c3ccc(F)cc3)cs2)CC1. The van der Waals surface area contributed by atoms with Crippen LogP contribution < -0.4 is 10.6 Å². The van der Waals surface area contributed by atoms with Crippen LogP contribution in [0.1, 0.15) is 34.3 Å². The molecular formula is C24H25FN4O2S2. The van der Waals surface area contributed by atoms with Crippen LogP contribution in [0.4, 0.5) is 10.1 Å². The summed E-state index contributed by atoms with van der Waals surface area (Å²) in [6, 6.07) is 13.7. The second-order valence-corrected chi connectivity index (χ2v) is 9.03. The lowest BCUT2D eigenvalue weighted by Crippen LogP contribution is -2.44. The summed E-state index contributed by atoms with van der Waals surface area (Å²) < 4.78 is 18.3. The quantitative estimate of drug-likeness (QED) is 0.385. The monoisotopic (exact) mass is 484 g/mol. The van der Waals surface area contributed by atoms with Crippen LogP contribution in [0.15, 0.2) is 53.9 Å². The Labute approximate surface area is 201 Å². The zero-order valence-electron chi connectivity index (χ0n) is 18.2. The van der Waals surface area contributed by atoms with E-state index in [4.69, 9.17) is 17.0 Å². The topological polar surface area (TPSA) is 66.5 Å². The number of piperidine rings is 1. The van der Waals surface area contributed by atoms with Crippen molar-refractivity contribution in [3.63, 3.8) is 0 Å². The van der Waals surface area contributed by atoms with Gasteiger partial charge in [-0.15, -0.1) is 11.3 Å². The maximum atomic E-state index is 13.3. The maximum absolute atomic E-state index is 13.3. The van der Waals surface area contributed by atoms with E-state index < -0.39 is 0 Å². The van der Waals surface area contributed by atoms with Gasteiger partial charge in [0.15, 0.2) is 5.11 Å². The minimum Gasteiger partial charge on any atom is -0.365 e. The van der Waals surface area contributed by atoms with Crippen LogP contribution in [0.5, 0.6) is 0 Å². The Morgan fingerprint density at radius 3 is 2.67 bits per heavy atom. The van der Waals surface area contributed by atoms with Gasteiger partial charge in [0.05, 0.1) is 5.01 Å². The summed E-state index contributed by atoms with van der Waals surface area (Å²) in [5, 5.41) is 9.52. The third-order valence-corrected chi connectivity index (χ3v) is 6.99. The van der Waals surface area contributed by atoms with Gasteiger partial charge in [0, 0.05) is 42.7 Å². The van der Waals surface area contributed by atoms with Gasteiger partial charge in [-0.25, -0.2) is 9.37 Å². The second-order valence-electron chi connectivity index (χ2n) is 7.75. The molecule has 9 heteroatoms. The molecule has 0 radical (unpaired) electrons. The Morgan fingerprint density at radius 1 is 1.21 bits per heavy atom. The highest BCUT2D eigenvalue weighted by molar-refractivity contribution is 7.80. The number of ether oxygens (including phenoxy) is 1. The Kier molecular flexibility index (Phi) is 7.64. The average Bonchev–Trinajstić information content (AvgIpc) is 3.34. The van der Waals surface area contributed by atoms with Gasteiger partial charge in [0.2, 0.25) is 0 Å². The fraction of sp³-hybridized carbons (Fsp3) is 0.292. The third kappa shape index (κ3) is 5.73. The minimum absolute atomic E-state index is 0.255. The van der Waals surface area contributed by atoms with Crippen LogP contribution in [-0.4, -0.2) is 47.8 Å². The number of likely N-dealkylation sites (tertiary alicyclic amines) is 1. The number of hydrogen-bond donors (Lipinski definition) is 2. The van der Waals surface area contributed by atoms with E-state index in [0.29, 0.717) is 29.1 Å². The largest absolute Gasteiger partial charge is 0.365 e. The highest BCUT2D eigenvalue weighted by atomic mass is 32.1. The number of benzene rings is 2. The first-order valence-electron chi connectivity index (χ1n) is 10.7. The number of methoxy groups -OCH3 is 1. The zero-order chi connectivity index (χ0) is 23.2. The number of thiocarbonyl (C=S) groups is 1. The maximum Gasteiger partial charge on any atom is 0.275 e. The molecule has 1 saturated heterocycles. The second kappa shape index (κ2) is 10.8. The summed E-state index contributed by atoms with van der Waals surface area (Å²) >= 11 is 6.92. The fourth-order valence-corrected chi connectivity index (χ4v) is 5.03. The Balaban J connectivity index is 1.40. The number of aromatic nitrogens is 1. The predicted molar refractivity (Wildman–Crippen MR) is 133 cm³/mol.